The van der Waals surface area contributed by atoms with Crippen LogP contribution in [-0.2, 0) is 14.3 Å². The van der Waals surface area contributed by atoms with Crippen LogP contribution in [-0.4, -0.2) is 66.0 Å². The van der Waals surface area contributed by atoms with Gasteiger partial charge in [-0.3, -0.25) is 14.5 Å². The molecule has 1 aliphatic carbocycles. The highest BCUT2D eigenvalue weighted by atomic mass is 16.5. The zero-order valence-corrected chi connectivity index (χ0v) is 14.1. The molecule has 0 radical (unpaired) electrons. The molecule has 1 saturated carbocycles. The summed E-state index contributed by atoms with van der Waals surface area (Å²) >= 11 is 0. The number of hydrogen-bond acceptors (Lipinski definition) is 4. The molecule has 6 heteroatoms. The minimum absolute atomic E-state index is 0.108. The van der Waals surface area contributed by atoms with Crippen LogP contribution in [0.1, 0.15) is 45.4 Å². The molecule has 0 aromatic rings. The third kappa shape index (κ3) is 4.04. The molecular weight excluding hydrogens is 294 g/mol. The van der Waals surface area contributed by atoms with Crippen molar-refractivity contribution in [1.82, 2.24) is 9.80 Å². The number of nitrogens with two attached hydrogens (primary N) is 1. The van der Waals surface area contributed by atoms with E-state index in [4.69, 9.17) is 10.5 Å². The summed E-state index contributed by atoms with van der Waals surface area (Å²) in [5.41, 5.74) is 5.51. The minimum atomic E-state index is -0.336. The number of carbonyl (C=O) groups is 2. The van der Waals surface area contributed by atoms with Crippen molar-refractivity contribution in [3.8, 4) is 0 Å². The average molecular weight is 323 g/mol. The topological polar surface area (TPSA) is 75.9 Å². The van der Waals surface area contributed by atoms with Crippen molar-refractivity contribution < 1.29 is 14.3 Å². The number of nitrogens with zero attached hydrogens (tertiary/aromatic N) is 2. The monoisotopic (exact) mass is 323 g/mol. The fraction of sp³-hybridized carbons (Fsp3) is 0.882. The standard InChI is InChI=1S/C17H29N3O3/c1-12(23-11-13-4-5-13)17(22)19-9-6-14(7-10-19)20-8-2-3-15(20)16(18)21/h12-15H,2-11H2,1H3,(H2,18,21). The second kappa shape index (κ2) is 7.18. The highest BCUT2D eigenvalue weighted by Crippen LogP contribution is 2.29. The predicted octanol–water partition coefficient (Wildman–Crippen LogP) is 0.742. The van der Waals surface area contributed by atoms with E-state index in [0.29, 0.717) is 12.0 Å². The molecule has 130 valence electrons. The summed E-state index contributed by atoms with van der Waals surface area (Å²) in [6, 6.07) is 0.268. The van der Waals surface area contributed by atoms with Crippen LogP contribution in [0.5, 0.6) is 0 Å². The van der Waals surface area contributed by atoms with Crippen LogP contribution < -0.4 is 5.73 Å². The van der Waals surface area contributed by atoms with E-state index in [1.54, 1.807) is 0 Å². The Kier molecular flexibility index (Phi) is 5.21. The van der Waals surface area contributed by atoms with Gasteiger partial charge in [-0.25, -0.2) is 0 Å². The number of hydrogen-bond donors (Lipinski definition) is 1. The number of amides is 2. The smallest absolute Gasteiger partial charge is 0.251 e. The van der Waals surface area contributed by atoms with Gasteiger partial charge in [0.1, 0.15) is 6.10 Å². The molecule has 0 aromatic heterocycles. The quantitative estimate of drug-likeness (QED) is 0.782. The Morgan fingerprint density at radius 3 is 2.43 bits per heavy atom. The molecule has 2 N–H and O–H groups in total. The van der Waals surface area contributed by atoms with Crippen molar-refractivity contribution >= 4 is 11.8 Å². The third-order valence-corrected chi connectivity index (χ3v) is 5.49. The second-order valence-corrected chi connectivity index (χ2v) is 7.27. The Morgan fingerprint density at radius 1 is 1.13 bits per heavy atom. The maximum atomic E-state index is 12.4. The Bertz CT molecular complexity index is 444. The number of piperidine rings is 1. The van der Waals surface area contributed by atoms with E-state index in [-0.39, 0.29) is 24.0 Å². The van der Waals surface area contributed by atoms with Gasteiger partial charge in [0, 0.05) is 19.1 Å². The molecule has 3 fully saturated rings. The normalized spacial score (nSPS) is 28.0. The summed E-state index contributed by atoms with van der Waals surface area (Å²) in [5.74, 6) is 0.581. The molecule has 0 spiro atoms. The van der Waals surface area contributed by atoms with Gasteiger partial charge < -0.3 is 15.4 Å². The molecule has 2 unspecified atom stereocenters. The molecule has 0 bridgehead atoms. The van der Waals surface area contributed by atoms with Gasteiger partial charge in [-0.2, -0.15) is 0 Å². The zero-order valence-electron chi connectivity index (χ0n) is 14.1. The zero-order chi connectivity index (χ0) is 16.4. The van der Waals surface area contributed by atoms with Crippen LogP contribution in [0.25, 0.3) is 0 Å². The van der Waals surface area contributed by atoms with Crippen molar-refractivity contribution in [1.29, 1.82) is 0 Å². The molecule has 2 saturated heterocycles. The fourth-order valence-corrected chi connectivity index (χ4v) is 3.84. The molecule has 2 amide bonds. The number of primary amides is 1. The first-order valence-corrected chi connectivity index (χ1v) is 9.01. The summed E-state index contributed by atoms with van der Waals surface area (Å²) in [5, 5.41) is 0. The second-order valence-electron chi connectivity index (χ2n) is 7.27. The van der Waals surface area contributed by atoms with Gasteiger partial charge >= 0.3 is 0 Å². The molecule has 2 aliphatic heterocycles. The van der Waals surface area contributed by atoms with Gasteiger partial charge in [-0.05, 0) is 57.9 Å². The number of rotatable bonds is 6. The Morgan fingerprint density at radius 2 is 1.83 bits per heavy atom. The lowest BCUT2D eigenvalue weighted by Crippen LogP contribution is -2.52. The lowest BCUT2D eigenvalue weighted by Gasteiger charge is -2.39. The van der Waals surface area contributed by atoms with Crippen LogP contribution in [0.2, 0.25) is 0 Å². The van der Waals surface area contributed by atoms with E-state index in [9.17, 15) is 9.59 Å². The Labute approximate surface area is 138 Å². The highest BCUT2D eigenvalue weighted by Gasteiger charge is 2.37. The Balaban J connectivity index is 1.45. The molecule has 3 rings (SSSR count). The summed E-state index contributed by atoms with van der Waals surface area (Å²) < 4.78 is 5.69. The first-order chi connectivity index (χ1) is 11.1. The van der Waals surface area contributed by atoms with Crippen LogP contribution in [0, 0.1) is 5.92 Å². The van der Waals surface area contributed by atoms with Gasteiger partial charge in [0.05, 0.1) is 12.6 Å². The lowest BCUT2D eigenvalue weighted by molar-refractivity contribution is -0.144. The summed E-state index contributed by atoms with van der Waals surface area (Å²) in [6.07, 6.45) is 5.90. The van der Waals surface area contributed by atoms with E-state index in [2.05, 4.69) is 4.90 Å². The van der Waals surface area contributed by atoms with Crippen LogP contribution in [0.3, 0.4) is 0 Å². The molecule has 23 heavy (non-hydrogen) atoms. The van der Waals surface area contributed by atoms with Gasteiger partial charge in [0.25, 0.3) is 5.91 Å². The molecule has 3 aliphatic rings. The highest BCUT2D eigenvalue weighted by molar-refractivity contribution is 5.81. The summed E-state index contributed by atoms with van der Waals surface area (Å²) in [6.45, 7) is 5.04. The predicted molar refractivity (Wildman–Crippen MR) is 86.7 cm³/mol. The largest absolute Gasteiger partial charge is 0.368 e. The lowest BCUT2D eigenvalue weighted by atomic mass is 10.0. The Hall–Kier alpha value is -1.14. The first kappa shape index (κ1) is 16.7. The van der Waals surface area contributed by atoms with E-state index < -0.39 is 0 Å². The van der Waals surface area contributed by atoms with Crippen molar-refractivity contribution in [3.63, 3.8) is 0 Å². The van der Waals surface area contributed by atoms with Crippen molar-refractivity contribution in [3.05, 3.63) is 0 Å². The summed E-state index contributed by atoms with van der Waals surface area (Å²) in [4.78, 5) is 28.2. The first-order valence-electron chi connectivity index (χ1n) is 9.01. The van der Waals surface area contributed by atoms with Gasteiger partial charge in [0.2, 0.25) is 5.91 Å². The molecular formula is C17H29N3O3. The average Bonchev–Trinajstić information content (AvgIpc) is 3.25. The maximum absolute atomic E-state index is 12.4. The van der Waals surface area contributed by atoms with Crippen LogP contribution in [0.4, 0.5) is 0 Å². The van der Waals surface area contributed by atoms with E-state index in [1.807, 2.05) is 11.8 Å². The van der Waals surface area contributed by atoms with Gasteiger partial charge in [-0.1, -0.05) is 0 Å². The van der Waals surface area contributed by atoms with E-state index in [0.717, 1.165) is 51.9 Å². The minimum Gasteiger partial charge on any atom is -0.368 e. The molecule has 0 aromatic carbocycles. The van der Waals surface area contributed by atoms with E-state index >= 15 is 0 Å². The molecule has 2 heterocycles. The van der Waals surface area contributed by atoms with Crippen molar-refractivity contribution in [2.75, 3.05) is 26.2 Å². The number of ether oxygens (including phenoxy) is 1. The van der Waals surface area contributed by atoms with Gasteiger partial charge in [-0.15, -0.1) is 0 Å². The summed E-state index contributed by atoms with van der Waals surface area (Å²) in [7, 11) is 0. The van der Waals surface area contributed by atoms with Crippen LogP contribution in [0.15, 0.2) is 0 Å². The maximum Gasteiger partial charge on any atom is 0.251 e. The SMILES string of the molecule is CC(OCC1CC1)C(=O)N1CCC(N2CCCC2C(N)=O)CC1. The molecule has 6 nitrogen and oxygen atoms in total. The van der Waals surface area contributed by atoms with Crippen molar-refractivity contribution in [2.24, 2.45) is 11.7 Å². The number of likely N-dealkylation sites (tertiary alicyclic amines) is 2. The van der Waals surface area contributed by atoms with Crippen molar-refractivity contribution in [2.45, 2.75) is 63.6 Å². The molecule has 2 atom stereocenters. The third-order valence-electron chi connectivity index (χ3n) is 5.49. The number of carbonyl (C=O) groups excluding carboxylic acids is 2. The van der Waals surface area contributed by atoms with Crippen LogP contribution >= 0.6 is 0 Å². The van der Waals surface area contributed by atoms with E-state index in [1.165, 1.54) is 12.8 Å². The van der Waals surface area contributed by atoms with Gasteiger partial charge in [0.15, 0.2) is 0 Å². The fourth-order valence-electron chi connectivity index (χ4n) is 3.84.